The van der Waals surface area contributed by atoms with Crippen molar-refractivity contribution < 1.29 is 14.6 Å². The minimum atomic E-state index is -0.721. The van der Waals surface area contributed by atoms with Crippen LogP contribution in [0.3, 0.4) is 0 Å². The zero-order chi connectivity index (χ0) is 21.8. The third kappa shape index (κ3) is 10.3. The predicted octanol–water partition coefficient (Wildman–Crippen LogP) is 3.56. The van der Waals surface area contributed by atoms with Crippen LogP contribution in [0.2, 0.25) is 0 Å². The molecule has 0 fully saturated rings. The van der Waals surface area contributed by atoms with Crippen LogP contribution in [0.5, 0.6) is 5.75 Å². The minimum absolute atomic E-state index is 0. The summed E-state index contributed by atoms with van der Waals surface area (Å²) in [6.45, 7) is 8.11. The number of hydrogen-bond acceptors (Lipinski definition) is 5. The van der Waals surface area contributed by atoms with Crippen molar-refractivity contribution >= 4 is 47.2 Å². The largest absolute Gasteiger partial charge is 0.491 e. The van der Waals surface area contributed by atoms with E-state index in [1.54, 1.807) is 0 Å². The molecule has 0 aliphatic rings. The van der Waals surface area contributed by atoms with E-state index < -0.39 is 6.10 Å². The van der Waals surface area contributed by atoms with Gasteiger partial charge in [-0.3, -0.25) is 9.79 Å². The maximum atomic E-state index is 11.9. The second kappa shape index (κ2) is 15.0. The fourth-order valence-corrected chi connectivity index (χ4v) is 3.32. The Hall–Kier alpha value is -1.85. The number of carbonyl (C=O) groups is 1. The van der Waals surface area contributed by atoms with Crippen LogP contribution in [-0.4, -0.2) is 49.3 Å². The quantitative estimate of drug-likeness (QED) is 0.146. The molecule has 0 bridgehead atoms. The molecule has 7 nitrogen and oxygen atoms in total. The Morgan fingerprint density at radius 2 is 1.94 bits per heavy atom. The molecule has 0 radical (unpaired) electrons. The van der Waals surface area contributed by atoms with E-state index in [1.807, 2.05) is 62.5 Å². The Balaban J connectivity index is 0.00000480. The lowest BCUT2D eigenvalue weighted by Gasteiger charge is -2.15. The molecule has 1 aromatic carbocycles. The Kier molecular flexibility index (Phi) is 13.2. The van der Waals surface area contributed by atoms with Gasteiger partial charge in [-0.15, -0.1) is 35.3 Å². The van der Waals surface area contributed by atoms with Crippen molar-refractivity contribution in [3.8, 4) is 5.75 Å². The van der Waals surface area contributed by atoms with E-state index >= 15 is 0 Å². The highest BCUT2D eigenvalue weighted by molar-refractivity contribution is 14.0. The topological polar surface area (TPSA) is 95.0 Å². The molecule has 0 saturated carbocycles. The third-order valence-electron chi connectivity index (χ3n) is 4.06. The van der Waals surface area contributed by atoms with E-state index in [4.69, 9.17) is 4.74 Å². The first-order valence-corrected chi connectivity index (χ1v) is 11.2. The van der Waals surface area contributed by atoms with E-state index in [1.165, 1.54) is 11.3 Å². The summed E-state index contributed by atoms with van der Waals surface area (Å²) in [5, 5.41) is 21.7. The minimum Gasteiger partial charge on any atom is -0.491 e. The van der Waals surface area contributed by atoms with Crippen LogP contribution in [0.15, 0.2) is 46.8 Å². The van der Waals surface area contributed by atoms with Crippen LogP contribution in [0, 0.1) is 0 Å². The molecule has 1 heterocycles. The highest BCUT2D eigenvalue weighted by atomic mass is 127. The van der Waals surface area contributed by atoms with Gasteiger partial charge in [0.2, 0.25) is 0 Å². The summed E-state index contributed by atoms with van der Waals surface area (Å²) < 4.78 is 5.68. The molecule has 9 heteroatoms. The lowest BCUT2D eigenvalue weighted by molar-refractivity contribution is 0.0957. The number of aliphatic imine (C=N–C) groups is 1. The van der Waals surface area contributed by atoms with Crippen molar-refractivity contribution in [2.75, 3.05) is 26.2 Å². The maximum Gasteiger partial charge on any atom is 0.261 e. The van der Waals surface area contributed by atoms with Gasteiger partial charge in [0.25, 0.3) is 5.91 Å². The van der Waals surface area contributed by atoms with Gasteiger partial charge in [-0.05, 0) is 56.3 Å². The number of benzene rings is 1. The maximum absolute atomic E-state index is 11.9. The second-order valence-electron chi connectivity index (χ2n) is 6.99. The molecule has 1 aromatic heterocycles. The molecule has 31 heavy (non-hydrogen) atoms. The highest BCUT2D eigenvalue weighted by Crippen LogP contribution is 2.20. The fourth-order valence-electron chi connectivity index (χ4n) is 2.68. The number of carbonyl (C=O) groups excluding carboxylic acids is 1. The van der Waals surface area contributed by atoms with Gasteiger partial charge in [0.1, 0.15) is 5.75 Å². The van der Waals surface area contributed by atoms with Gasteiger partial charge < -0.3 is 25.8 Å². The summed E-state index contributed by atoms with van der Waals surface area (Å²) in [6.07, 6.45) is 0.120. The molecule has 0 aliphatic heterocycles. The molecule has 1 amide bonds. The number of aliphatic hydroxyl groups excluding tert-OH is 1. The summed E-state index contributed by atoms with van der Waals surface area (Å²) in [7, 11) is 0. The Bertz CT molecular complexity index is 800. The van der Waals surface area contributed by atoms with Gasteiger partial charge in [-0.25, -0.2) is 0 Å². The number of ether oxygens (including phenoxy) is 1. The second-order valence-corrected chi connectivity index (χ2v) is 7.94. The number of halogens is 1. The van der Waals surface area contributed by atoms with Crippen LogP contribution in [0.25, 0.3) is 0 Å². The number of rotatable bonds is 11. The van der Waals surface area contributed by atoms with E-state index in [2.05, 4.69) is 20.9 Å². The summed E-state index contributed by atoms with van der Waals surface area (Å²) in [6, 6.07) is 11.1. The molecule has 1 atom stereocenters. The average molecular weight is 561 g/mol. The normalized spacial score (nSPS) is 12.1. The third-order valence-corrected chi connectivity index (χ3v) is 4.93. The van der Waals surface area contributed by atoms with Gasteiger partial charge in [-0.1, -0.05) is 18.2 Å². The zero-order valence-corrected chi connectivity index (χ0v) is 21.4. The van der Waals surface area contributed by atoms with Gasteiger partial charge in [0.05, 0.1) is 23.6 Å². The van der Waals surface area contributed by atoms with Crippen LogP contribution in [0.4, 0.5) is 0 Å². The zero-order valence-electron chi connectivity index (χ0n) is 18.3. The van der Waals surface area contributed by atoms with Gasteiger partial charge in [0.15, 0.2) is 5.96 Å². The molecule has 0 saturated heterocycles. The van der Waals surface area contributed by atoms with Crippen molar-refractivity contribution in [1.82, 2.24) is 16.0 Å². The van der Waals surface area contributed by atoms with E-state index in [0.29, 0.717) is 19.0 Å². The Morgan fingerprint density at radius 3 is 2.61 bits per heavy atom. The first kappa shape index (κ1) is 27.2. The standard InChI is InChI=1S/C22H32N4O3S.HI/c1-4-23-22(25-12-7-11-24-21(28)20-10-6-13-30-20)26-15-19(27)17-8-5-9-18(14-17)29-16(2)3;/h5-6,8-10,13-14,16,19,27H,4,7,11-12,15H2,1-3H3,(H,24,28)(H2,23,25,26);1H. The van der Waals surface area contributed by atoms with Crippen molar-refractivity contribution in [2.45, 2.75) is 39.4 Å². The Morgan fingerprint density at radius 1 is 1.16 bits per heavy atom. The first-order valence-electron chi connectivity index (χ1n) is 10.3. The molecule has 1 unspecified atom stereocenters. The molecule has 172 valence electrons. The summed E-state index contributed by atoms with van der Waals surface area (Å²) in [4.78, 5) is 17.1. The monoisotopic (exact) mass is 560 g/mol. The van der Waals surface area contributed by atoms with E-state index in [-0.39, 0.29) is 42.5 Å². The van der Waals surface area contributed by atoms with E-state index in [9.17, 15) is 9.90 Å². The number of guanidine groups is 1. The summed E-state index contributed by atoms with van der Waals surface area (Å²) in [5.74, 6) is 1.33. The molecule has 2 aromatic rings. The summed E-state index contributed by atoms with van der Waals surface area (Å²) in [5.41, 5.74) is 0.768. The van der Waals surface area contributed by atoms with Crippen molar-refractivity contribution in [2.24, 2.45) is 4.99 Å². The molecule has 0 aliphatic carbocycles. The molecular weight excluding hydrogens is 527 g/mol. The number of amides is 1. The van der Waals surface area contributed by atoms with E-state index in [0.717, 1.165) is 29.2 Å². The van der Waals surface area contributed by atoms with Crippen LogP contribution >= 0.6 is 35.3 Å². The van der Waals surface area contributed by atoms with Gasteiger partial charge in [-0.2, -0.15) is 0 Å². The number of nitrogens with one attached hydrogen (secondary N) is 3. The molecule has 4 N–H and O–H groups in total. The van der Waals surface area contributed by atoms with Crippen LogP contribution < -0.4 is 20.7 Å². The summed E-state index contributed by atoms with van der Waals surface area (Å²) >= 11 is 1.43. The lowest BCUT2D eigenvalue weighted by atomic mass is 10.1. The first-order chi connectivity index (χ1) is 14.5. The predicted molar refractivity (Wildman–Crippen MR) is 138 cm³/mol. The smallest absolute Gasteiger partial charge is 0.261 e. The van der Waals surface area contributed by atoms with Gasteiger partial charge >= 0.3 is 0 Å². The van der Waals surface area contributed by atoms with Gasteiger partial charge in [0, 0.05) is 19.6 Å². The molecule has 0 spiro atoms. The SMILES string of the molecule is CCNC(=NCC(O)c1cccc(OC(C)C)c1)NCCCNC(=O)c1cccs1.I. The van der Waals surface area contributed by atoms with Crippen molar-refractivity contribution in [3.05, 3.63) is 52.2 Å². The number of thiophene rings is 1. The van der Waals surface area contributed by atoms with Crippen LogP contribution in [0.1, 0.15) is 48.5 Å². The van der Waals surface area contributed by atoms with Crippen molar-refractivity contribution in [3.63, 3.8) is 0 Å². The number of aliphatic hydroxyl groups is 1. The highest BCUT2D eigenvalue weighted by Gasteiger charge is 2.10. The number of nitrogens with zero attached hydrogens (tertiary/aromatic N) is 1. The fraction of sp³-hybridized carbons (Fsp3) is 0.455. The van der Waals surface area contributed by atoms with Crippen LogP contribution in [-0.2, 0) is 0 Å². The van der Waals surface area contributed by atoms with Crippen molar-refractivity contribution in [1.29, 1.82) is 0 Å². The number of hydrogen-bond donors (Lipinski definition) is 4. The Labute approximate surface area is 205 Å². The lowest BCUT2D eigenvalue weighted by Crippen LogP contribution is -2.39. The molecular formula is C22H33IN4O3S. The molecule has 2 rings (SSSR count). The average Bonchev–Trinajstić information content (AvgIpc) is 3.26.